The van der Waals surface area contributed by atoms with Gasteiger partial charge < -0.3 is 15.4 Å². The lowest BCUT2D eigenvalue weighted by Gasteiger charge is -2.30. The molecule has 0 radical (unpaired) electrons. The molecule has 0 bridgehead atoms. The molecule has 2 aliphatic carbocycles. The predicted molar refractivity (Wildman–Crippen MR) is 133 cm³/mol. The van der Waals surface area contributed by atoms with E-state index in [1.807, 2.05) is 18.2 Å². The number of pyridine rings is 1. The van der Waals surface area contributed by atoms with Gasteiger partial charge in [-0.15, -0.1) is 5.73 Å². The van der Waals surface area contributed by atoms with Gasteiger partial charge in [0.25, 0.3) is 11.8 Å². The summed E-state index contributed by atoms with van der Waals surface area (Å²) in [5.74, 6) is 1.27. The first-order chi connectivity index (χ1) is 17.1. The highest BCUT2D eigenvalue weighted by atomic mass is 16.5. The standard InChI is InChI=1S/C27H35N5O3/c1-2-3-8-27(16-20-15-21(20)17-27)19-29-26(34)23-6-4-7-24-30-22(18-32(23)24)25(33)28-9-5-10-31-11-13-35-14-12-31/h3-4,6-7,18,20-21H,1,5,8-17,19H2,(H,28,33)(H,29,34). The highest BCUT2D eigenvalue weighted by Gasteiger charge is 2.53. The number of fused-ring (bicyclic) bond motifs is 2. The molecule has 3 heterocycles. The number of amides is 2. The van der Waals surface area contributed by atoms with Gasteiger partial charge in [-0.1, -0.05) is 12.6 Å². The summed E-state index contributed by atoms with van der Waals surface area (Å²) < 4.78 is 7.08. The number of allylic oxidation sites excluding steroid dienone is 1. The van der Waals surface area contributed by atoms with E-state index in [0.29, 0.717) is 30.1 Å². The van der Waals surface area contributed by atoms with E-state index in [9.17, 15) is 9.59 Å². The minimum absolute atomic E-state index is 0.100. The van der Waals surface area contributed by atoms with Crippen molar-refractivity contribution in [3.8, 4) is 0 Å². The molecule has 35 heavy (non-hydrogen) atoms. The van der Waals surface area contributed by atoms with Crippen LogP contribution in [0, 0.1) is 17.3 Å². The molecular formula is C27H35N5O3. The molecule has 5 rings (SSSR count). The molecule has 3 aliphatic rings. The third-order valence-electron chi connectivity index (χ3n) is 7.76. The molecule has 8 nitrogen and oxygen atoms in total. The normalized spacial score (nSPS) is 25.6. The van der Waals surface area contributed by atoms with E-state index in [1.165, 1.54) is 6.42 Å². The van der Waals surface area contributed by atoms with E-state index < -0.39 is 0 Å². The smallest absolute Gasteiger partial charge is 0.271 e. The Morgan fingerprint density at radius 2 is 2.00 bits per heavy atom. The fourth-order valence-corrected chi connectivity index (χ4v) is 5.76. The number of hydrogen-bond donors (Lipinski definition) is 2. The van der Waals surface area contributed by atoms with Gasteiger partial charge in [0.2, 0.25) is 0 Å². The molecule has 2 aromatic heterocycles. The van der Waals surface area contributed by atoms with Crippen LogP contribution in [0.5, 0.6) is 0 Å². The Balaban J connectivity index is 1.19. The van der Waals surface area contributed by atoms with E-state index in [1.54, 1.807) is 16.7 Å². The number of nitrogens with one attached hydrogen (secondary N) is 2. The summed E-state index contributed by atoms with van der Waals surface area (Å²) in [6, 6.07) is 5.39. The maximum atomic E-state index is 13.2. The van der Waals surface area contributed by atoms with Crippen molar-refractivity contribution in [2.24, 2.45) is 17.3 Å². The van der Waals surface area contributed by atoms with Gasteiger partial charge in [0.05, 0.1) is 13.2 Å². The van der Waals surface area contributed by atoms with Crippen molar-refractivity contribution in [3.63, 3.8) is 0 Å². The number of rotatable bonds is 10. The number of aromatic nitrogens is 2. The van der Waals surface area contributed by atoms with Crippen molar-refractivity contribution < 1.29 is 14.3 Å². The zero-order chi connectivity index (χ0) is 24.3. The maximum absolute atomic E-state index is 13.2. The molecule has 1 aliphatic heterocycles. The van der Waals surface area contributed by atoms with E-state index in [0.717, 1.165) is 70.4 Å². The van der Waals surface area contributed by atoms with Crippen molar-refractivity contribution in [2.45, 2.75) is 32.1 Å². The summed E-state index contributed by atoms with van der Waals surface area (Å²) in [5, 5.41) is 6.12. The van der Waals surface area contributed by atoms with Gasteiger partial charge in [0.15, 0.2) is 0 Å². The van der Waals surface area contributed by atoms with Crippen LogP contribution in [-0.4, -0.2) is 72.0 Å². The van der Waals surface area contributed by atoms with Gasteiger partial charge in [-0.3, -0.25) is 18.9 Å². The topological polar surface area (TPSA) is 88.0 Å². The second-order valence-electron chi connectivity index (χ2n) is 10.3. The van der Waals surface area contributed by atoms with Crippen LogP contribution < -0.4 is 10.6 Å². The van der Waals surface area contributed by atoms with Gasteiger partial charge in [0.1, 0.15) is 17.0 Å². The Kier molecular flexibility index (Phi) is 7.04. The molecular weight excluding hydrogens is 442 g/mol. The van der Waals surface area contributed by atoms with Gasteiger partial charge in [0, 0.05) is 32.4 Å². The largest absolute Gasteiger partial charge is 0.379 e. The average molecular weight is 478 g/mol. The number of hydrogen-bond acceptors (Lipinski definition) is 5. The van der Waals surface area contributed by atoms with Gasteiger partial charge in [-0.2, -0.15) is 0 Å². The van der Waals surface area contributed by atoms with Crippen molar-refractivity contribution >= 4 is 17.5 Å². The molecule has 2 atom stereocenters. The maximum Gasteiger partial charge on any atom is 0.271 e. The van der Waals surface area contributed by atoms with Crippen LogP contribution in [0.4, 0.5) is 0 Å². The number of imidazole rings is 1. The molecule has 2 saturated carbocycles. The summed E-state index contributed by atoms with van der Waals surface area (Å²) in [6.07, 6.45) is 9.07. The van der Waals surface area contributed by atoms with Crippen molar-refractivity contribution in [1.82, 2.24) is 24.9 Å². The molecule has 2 aromatic rings. The SMILES string of the molecule is C=C=CCC1(CNC(=O)c2cccc3nc(C(=O)NCCCN4CCOCC4)cn23)CC2CC2C1. The van der Waals surface area contributed by atoms with Crippen molar-refractivity contribution in [1.29, 1.82) is 0 Å². The Morgan fingerprint density at radius 3 is 2.77 bits per heavy atom. The van der Waals surface area contributed by atoms with Crippen LogP contribution in [0.1, 0.15) is 53.1 Å². The quantitative estimate of drug-likeness (QED) is 0.406. The van der Waals surface area contributed by atoms with Crippen LogP contribution in [0.2, 0.25) is 0 Å². The fourth-order valence-electron chi connectivity index (χ4n) is 5.76. The Morgan fingerprint density at radius 1 is 1.20 bits per heavy atom. The minimum Gasteiger partial charge on any atom is -0.379 e. The van der Waals surface area contributed by atoms with Gasteiger partial charge >= 0.3 is 0 Å². The number of ether oxygens (including phenoxy) is 1. The first-order valence-electron chi connectivity index (χ1n) is 12.8. The average Bonchev–Trinajstić information content (AvgIpc) is 3.28. The van der Waals surface area contributed by atoms with E-state index in [4.69, 9.17) is 4.74 Å². The monoisotopic (exact) mass is 477 g/mol. The lowest BCUT2D eigenvalue weighted by atomic mass is 9.79. The lowest BCUT2D eigenvalue weighted by molar-refractivity contribution is 0.0374. The highest BCUT2D eigenvalue weighted by molar-refractivity contribution is 5.95. The highest BCUT2D eigenvalue weighted by Crippen LogP contribution is 2.61. The second kappa shape index (κ2) is 10.4. The van der Waals surface area contributed by atoms with Crippen molar-refractivity contribution in [2.75, 3.05) is 45.9 Å². The third kappa shape index (κ3) is 5.50. The van der Waals surface area contributed by atoms with E-state index in [2.05, 4.69) is 32.8 Å². The Labute approximate surface area is 206 Å². The van der Waals surface area contributed by atoms with Crippen molar-refractivity contribution in [3.05, 3.63) is 54.2 Å². The molecule has 2 amide bonds. The van der Waals surface area contributed by atoms with Gasteiger partial charge in [-0.05, 0) is 74.1 Å². The van der Waals surface area contributed by atoms with Crippen LogP contribution in [0.15, 0.2) is 42.8 Å². The zero-order valence-electron chi connectivity index (χ0n) is 20.3. The number of carbonyl (C=O) groups is 2. The number of nitrogens with zero attached hydrogens (tertiary/aromatic N) is 3. The Bertz CT molecular complexity index is 1120. The van der Waals surface area contributed by atoms with Gasteiger partial charge in [-0.25, -0.2) is 4.98 Å². The van der Waals surface area contributed by atoms with Crippen LogP contribution >= 0.6 is 0 Å². The molecule has 0 spiro atoms. The third-order valence-corrected chi connectivity index (χ3v) is 7.76. The van der Waals surface area contributed by atoms with E-state index >= 15 is 0 Å². The fraction of sp³-hybridized carbons (Fsp3) is 0.556. The lowest BCUT2D eigenvalue weighted by Crippen LogP contribution is -2.38. The minimum atomic E-state index is -0.220. The van der Waals surface area contributed by atoms with Crippen LogP contribution in [0.25, 0.3) is 5.65 Å². The molecule has 186 valence electrons. The summed E-state index contributed by atoms with van der Waals surface area (Å²) in [5.41, 5.74) is 4.39. The number of carbonyl (C=O) groups excluding carboxylic acids is 2. The summed E-state index contributed by atoms with van der Waals surface area (Å²) in [4.78, 5) is 32.6. The molecule has 0 aromatic carbocycles. The molecule has 2 N–H and O–H groups in total. The first kappa shape index (κ1) is 23.8. The molecule has 3 fully saturated rings. The van der Waals surface area contributed by atoms with Crippen LogP contribution in [-0.2, 0) is 4.74 Å². The predicted octanol–water partition coefficient (Wildman–Crippen LogP) is 2.66. The summed E-state index contributed by atoms with van der Waals surface area (Å²) >= 11 is 0. The zero-order valence-corrected chi connectivity index (χ0v) is 20.3. The Hall–Kier alpha value is -2.93. The van der Waals surface area contributed by atoms with E-state index in [-0.39, 0.29) is 17.2 Å². The molecule has 8 heteroatoms. The first-order valence-corrected chi connectivity index (χ1v) is 12.8. The van der Waals surface area contributed by atoms with Crippen LogP contribution in [0.3, 0.4) is 0 Å². The second-order valence-corrected chi connectivity index (χ2v) is 10.3. The summed E-state index contributed by atoms with van der Waals surface area (Å²) in [6.45, 7) is 9.30. The molecule has 2 unspecified atom stereocenters. The molecule has 1 saturated heterocycles. The summed E-state index contributed by atoms with van der Waals surface area (Å²) in [7, 11) is 0. The number of morpholine rings is 1.